The monoisotopic (exact) mass is 312 g/mol. The average molecular weight is 313 g/mol. The third-order valence-electron chi connectivity index (χ3n) is 2.38. The van der Waals surface area contributed by atoms with Crippen LogP contribution < -0.4 is 11.1 Å². The van der Waals surface area contributed by atoms with Crippen molar-refractivity contribution < 1.29 is 5.11 Å². The molecule has 2 aromatic rings. The van der Waals surface area contributed by atoms with Crippen molar-refractivity contribution in [1.82, 2.24) is 0 Å². The van der Waals surface area contributed by atoms with E-state index in [2.05, 4.69) is 5.32 Å². The van der Waals surface area contributed by atoms with Crippen LogP contribution in [-0.4, -0.2) is 18.3 Å². The Morgan fingerprint density at radius 1 is 0.900 bits per heavy atom. The van der Waals surface area contributed by atoms with Gasteiger partial charge in [0, 0.05) is 34.6 Å². The van der Waals surface area contributed by atoms with Crippen LogP contribution in [0, 0.1) is 0 Å². The molecule has 20 heavy (non-hydrogen) atoms. The summed E-state index contributed by atoms with van der Waals surface area (Å²) >= 11 is 11.3. The van der Waals surface area contributed by atoms with Crippen LogP contribution in [0.2, 0.25) is 10.0 Å². The molecule has 0 bridgehead atoms. The molecule has 108 valence electrons. The van der Waals surface area contributed by atoms with Gasteiger partial charge in [0.15, 0.2) is 0 Å². The van der Waals surface area contributed by atoms with Crippen LogP contribution in [0.1, 0.15) is 6.42 Å². The summed E-state index contributed by atoms with van der Waals surface area (Å²) in [5, 5.41) is 13.1. The molecule has 0 aliphatic carbocycles. The van der Waals surface area contributed by atoms with Gasteiger partial charge in [-0.25, -0.2) is 0 Å². The summed E-state index contributed by atoms with van der Waals surface area (Å²) < 4.78 is 0. The lowest BCUT2D eigenvalue weighted by molar-refractivity contribution is 0.292. The van der Waals surface area contributed by atoms with Gasteiger partial charge in [-0.3, -0.25) is 0 Å². The van der Waals surface area contributed by atoms with Crippen molar-refractivity contribution in [2.24, 2.45) is 0 Å². The number of aliphatic hydroxyl groups excluding tert-OH is 1. The summed E-state index contributed by atoms with van der Waals surface area (Å²) in [6.45, 7) is 1.01. The first-order valence-corrected chi connectivity index (χ1v) is 6.99. The Bertz CT molecular complexity index is 465. The van der Waals surface area contributed by atoms with Gasteiger partial charge in [-0.1, -0.05) is 23.2 Å². The van der Waals surface area contributed by atoms with E-state index >= 15 is 0 Å². The van der Waals surface area contributed by atoms with Crippen molar-refractivity contribution in [2.45, 2.75) is 6.42 Å². The van der Waals surface area contributed by atoms with Crippen LogP contribution in [0.4, 0.5) is 11.4 Å². The fraction of sp³-hybridized carbons (Fsp3) is 0.200. The molecule has 0 amide bonds. The lowest BCUT2D eigenvalue weighted by atomic mass is 10.3. The molecule has 0 saturated carbocycles. The minimum Gasteiger partial charge on any atom is -0.399 e. The lowest BCUT2D eigenvalue weighted by Gasteiger charge is -2.03. The molecule has 2 aromatic carbocycles. The van der Waals surface area contributed by atoms with E-state index in [0.29, 0.717) is 0 Å². The minimum absolute atomic E-state index is 0.223. The molecule has 0 aliphatic heterocycles. The maximum atomic E-state index is 8.53. The molecule has 0 fully saturated rings. The summed E-state index contributed by atoms with van der Waals surface area (Å²) in [5.41, 5.74) is 7.15. The van der Waals surface area contributed by atoms with Crippen LogP contribution >= 0.6 is 23.2 Å². The summed E-state index contributed by atoms with van der Waals surface area (Å²) in [7, 11) is 0. The fourth-order valence-electron chi connectivity index (χ4n) is 1.34. The van der Waals surface area contributed by atoms with Crippen LogP contribution in [0.25, 0.3) is 0 Å². The van der Waals surface area contributed by atoms with Gasteiger partial charge in [0.05, 0.1) is 0 Å². The third-order valence-corrected chi connectivity index (χ3v) is 2.88. The Morgan fingerprint density at radius 2 is 1.40 bits per heavy atom. The highest BCUT2D eigenvalue weighted by molar-refractivity contribution is 6.30. The predicted octanol–water partition coefficient (Wildman–Crippen LogP) is 4.06. The number of nitrogens with one attached hydrogen (secondary N) is 1. The Labute approximate surface area is 129 Å². The van der Waals surface area contributed by atoms with E-state index < -0.39 is 0 Å². The molecule has 4 N–H and O–H groups in total. The van der Waals surface area contributed by atoms with Gasteiger partial charge < -0.3 is 16.2 Å². The predicted molar refractivity (Wildman–Crippen MR) is 87.5 cm³/mol. The second kappa shape index (κ2) is 9.48. The zero-order valence-electron chi connectivity index (χ0n) is 11.0. The topological polar surface area (TPSA) is 58.3 Å². The molecule has 0 aliphatic rings. The zero-order chi connectivity index (χ0) is 14.8. The van der Waals surface area contributed by atoms with Crippen molar-refractivity contribution in [3.63, 3.8) is 0 Å². The molecule has 2 rings (SSSR count). The maximum Gasteiger partial charge on any atom is 0.0447 e. The lowest BCUT2D eigenvalue weighted by Crippen LogP contribution is -2.02. The minimum atomic E-state index is 0.223. The molecule has 0 saturated heterocycles. The van der Waals surface area contributed by atoms with Crippen LogP contribution in [0.5, 0.6) is 0 Å². The second-order valence-corrected chi connectivity index (χ2v) is 4.94. The van der Waals surface area contributed by atoms with E-state index in [1.165, 1.54) is 0 Å². The van der Waals surface area contributed by atoms with Crippen molar-refractivity contribution in [3.8, 4) is 0 Å². The van der Waals surface area contributed by atoms with Gasteiger partial charge in [-0.05, 0) is 55.0 Å². The molecule has 5 heteroatoms. The molecule has 3 nitrogen and oxygen atoms in total. The van der Waals surface area contributed by atoms with Crippen molar-refractivity contribution in [1.29, 1.82) is 0 Å². The Morgan fingerprint density at radius 3 is 1.85 bits per heavy atom. The number of halogens is 2. The number of benzene rings is 2. The summed E-state index contributed by atoms with van der Waals surface area (Å²) in [6, 6.07) is 14.6. The van der Waals surface area contributed by atoms with Gasteiger partial charge in [-0.2, -0.15) is 0 Å². The smallest absolute Gasteiger partial charge is 0.0447 e. The first-order valence-electron chi connectivity index (χ1n) is 6.23. The first kappa shape index (κ1) is 16.6. The molecule has 0 heterocycles. The van der Waals surface area contributed by atoms with E-state index in [0.717, 1.165) is 34.4 Å². The summed E-state index contributed by atoms with van der Waals surface area (Å²) in [6.07, 6.45) is 0.766. The van der Waals surface area contributed by atoms with Gasteiger partial charge in [0.25, 0.3) is 0 Å². The quantitative estimate of drug-likeness (QED) is 0.589. The van der Waals surface area contributed by atoms with Gasteiger partial charge >= 0.3 is 0 Å². The number of rotatable bonds is 4. The molecule has 0 atom stereocenters. The van der Waals surface area contributed by atoms with Crippen LogP contribution in [-0.2, 0) is 0 Å². The second-order valence-electron chi connectivity index (χ2n) is 4.06. The Balaban J connectivity index is 0.000000217. The van der Waals surface area contributed by atoms with Crippen LogP contribution in [0.15, 0.2) is 48.5 Å². The number of hydrogen-bond donors (Lipinski definition) is 3. The number of nitrogens with two attached hydrogens (primary N) is 1. The normalized spacial score (nSPS) is 9.55. The highest BCUT2D eigenvalue weighted by Gasteiger charge is 1.90. The first-order chi connectivity index (χ1) is 9.61. The third kappa shape index (κ3) is 7.24. The zero-order valence-corrected chi connectivity index (χ0v) is 12.5. The Hall–Kier alpha value is -1.42. The molecule has 0 aromatic heterocycles. The van der Waals surface area contributed by atoms with Crippen molar-refractivity contribution >= 4 is 34.6 Å². The van der Waals surface area contributed by atoms with Gasteiger partial charge in [0.2, 0.25) is 0 Å². The number of aliphatic hydroxyl groups is 1. The molecule has 0 spiro atoms. The molecular weight excluding hydrogens is 295 g/mol. The molecule has 0 unspecified atom stereocenters. The van der Waals surface area contributed by atoms with Crippen molar-refractivity contribution in [3.05, 3.63) is 58.6 Å². The summed E-state index contributed by atoms with van der Waals surface area (Å²) in [5.74, 6) is 0. The van der Waals surface area contributed by atoms with Crippen LogP contribution in [0.3, 0.4) is 0 Å². The number of anilines is 2. The molecule has 0 radical (unpaired) electrons. The largest absolute Gasteiger partial charge is 0.399 e. The average Bonchev–Trinajstić information content (AvgIpc) is 2.45. The Kier molecular flexibility index (Phi) is 7.88. The standard InChI is InChI=1S/C9H12ClNO.C6H6ClN/c10-8-2-4-9(5-3-8)11-6-1-7-12;7-5-1-3-6(8)4-2-5/h2-5,11-12H,1,6-7H2;1-4H,8H2. The van der Waals surface area contributed by atoms with E-state index in [1.54, 1.807) is 24.3 Å². The van der Waals surface area contributed by atoms with Crippen molar-refractivity contribution in [2.75, 3.05) is 24.2 Å². The number of hydrogen-bond acceptors (Lipinski definition) is 3. The van der Waals surface area contributed by atoms with E-state index in [1.807, 2.05) is 24.3 Å². The van der Waals surface area contributed by atoms with E-state index in [9.17, 15) is 0 Å². The number of nitrogen functional groups attached to an aromatic ring is 1. The van der Waals surface area contributed by atoms with E-state index in [-0.39, 0.29) is 6.61 Å². The SMILES string of the molecule is Nc1ccc(Cl)cc1.OCCCNc1ccc(Cl)cc1. The fourth-order valence-corrected chi connectivity index (χ4v) is 1.59. The van der Waals surface area contributed by atoms with E-state index in [4.69, 9.17) is 34.0 Å². The molecular formula is C15H18Cl2N2O. The van der Waals surface area contributed by atoms with Gasteiger partial charge in [0.1, 0.15) is 0 Å². The van der Waals surface area contributed by atoms with Gasteiger partial charge in [-0.15, -0.1) is 0 Å². The highest BCUT2D eigenvalue weighted by Crippen LogP contribution is 2.13. The highest BCUT2D eigenvalue weighted by atomic mass is 35.5. The summed E-state index contributed by atoms with van der Waals surface area (Å²) in [4.78, 5) is 0. The maximum absolute atomic E-state index is 8.53.